The largest absolute Gasteiger partial charge is 0.378 e. The van der Waals surface area contributed by atoms with Gasteiger partial charge in [-0.2, -0.15) is 0 Å². The van der Waals surface area contributed by atoms with Crippen LogP contribution in [0, 0.1) is 5.82 Å². The molecule has 1 unspecified atom stereocenters. The van der Waals surface area contributed by atoms with Crippen molar-refractivity contribution in [3.8, 4) is 0 Å². The van der Waals surface area contributed by atoms with E-state index in [4.69, 9.17) is 0 Å². The molecule has 0 saturated carbocycles. The Balaban J connectivity index is 1.62. The first-order valence-corrected chi connectivity index (χ1v) is 10.7. The highest BCUT2D eigenvalue weighted by Gasteiger charge is 2.31. The van der Waals surface area contributed by atoms with Gasteiger partial charge in [0.25, 0.3) is 0 Å². The Labute approximate surface area is 183 Å². The van der Waals surface area contributed by atoms with E-state index in [1.54, 1.807) is 6.07 Å². The van der Waals surface area contributed by atoms with E-state index < -0.39 is 0 Å². The van der Waals surface area contributed by atoms with E-state index in [1.165, 1.54) is 6.07 Å². The van der Waals surface area contributed by atoms with Crippen LogP contribution in [0.4, 0.5) is 15.8 Å². The van der Waals surface area contributed by atoms with Crippen molar-refractivity contribution in [2.45, 2.75) is 25.9 Å². The van der Waals surface area contributed by atoms with Crippen molar-refractivity contribution in [1.82, 2.24) is 25.1 Å². The lowest BCUT2D eigenvalue weighted by atomic mass is 10.0. The zero-order valence-corrected chi connectivity index (χ0v) is 18.6. The van der Waals surface area contributed by atoms with Crippen molar-refractivity contribution in [3.63, 3.8) is 0 Å². The molecule has 0 aliphatic carbocycles. The molecule has 164 valence electrons. The maximum atomic E-state index is 14.3. The lowest BCUT2D eigenvalue weighted by Crippen LogP contribution is -2.48. The Morgan fingerprint density at radius 2 is 1.61 bits per heavy atom. The number of aromatic nitrogens is 4. The van der Waals surface area contributed by atoms with Crippen molar-refractivity contribution >= 4 is 11.4 Å². The first kappa shape index (κ1) is 21.2. The summed E-state index contributed by atoms with van der Waals surface area (Å²) in [5, 5.41) is 12.6. The molecule has 3 aromatic rings. The van der Waals surface area contributed by atoms with Gasteiger partial charge in [0.2, 0.25) is 0 Å². The maximum Gasteiger partial charge on any atom is 0.173 e. The van der Waals surface area contributed by atoms with Crippen LogP contribution in [0.2, 0.25) is 0 Å². The van der Waals surface area contributed by atoms with Crippen molar-refractivity contribution in [1.29, 1.82) is 0 Å². The molecule has 1 aromatic heterocycles. The van der Waals surface area contributed by atoms with Crippen LogP contribution >= 0.6 is 0 Å². The average molecular weight is 424 g/mol. The number of halogens is 1. The second-order valence-electron chi connectivity index (χ2n) is 8.44. The molecule has 0 radical (unpaired) electrons. The van der Waals surface area contributed by atoms with Crippen LogP contribution in [0.3, 0.4) is 0 Å². The van der Waals surface area contributed by atoms with Crippen molar-refractivity contribution < 1.29 is 4.39 Å². The minimum Gasteiger partial charge on any atom is -0.378 e. The van der Waals surface area contributed by atoms with E-state index in [1.807, 2.05) is 30.9 Å². The Bertz CT molecular complexity index is 991. The highest BCUT2D eigenvalue weighted by molar-refractivity contribution is 5.49. The number of nitrogens with zero attached hydrogens (tertiary/aromatic N) is 7. The highest BCUT2D eigenvalue weighted by atomic mass is 19.1. The molecule has 4 rings (SSSR count). The molecule has 0 bridgehead atoms. The second-order valence-corrected chi connectivity index (χ2v) is 8.44. The van der Waals surface area contributed by atoms with Crippen LogP contribution in [0.15, 0.2) is 48.5 Å². The van der Waals surface area contributed by atoms with Gasteiger partial charge in [-0.3, -0.25) is 4.90 Å². The number of rotatable bonds is 6. The molecular weight excluding hydrogens is 393 g/mol. The predicted octanol–water partition coefficient (Wildman–Crippen LogP) is 3.37. The number of para-hydroxylation sites is 1. The zero-order valence-electron chi connectivity index (χ0n) is 18.6. The number of piperazine rings is 1. The minimum absolute atomic E-state index is 0.0589. The summed E-state index contributed by atoms with van der Waals surface area (Å²) in [6, 6.07) is 15.7. The van der Waals surface area contributed by atoms with Crippen LogP contribution in [0.1, 0.15) is 37.3 Å². The van der Waals surface area contributed by atoms with Gasteiger partial charge in [-0.05, 0) is 54.1 Å². The number of hydrogen-bond acceptors (Lipinski definition) is 6. The molecule has 1 saturated heterocycles. The molecule has 1 fully saturated rings. The van der Waals surface area contributed by atoms with Crippen LogP contribution < -0.4 is 9.80 Å². The van der Waals surface area contributed by atoms with Crippen LogP contribution in [-0.2, 0) is 0 Å². The fraction of sp³-hybridized carbons (Fsp3) is 0.435. The summed E-state index contributed by atoms with van der Waals surface area (Å²) in [6.45, 7) is 7.25. The normalized spacial score (nSPS) is 16.0. The van der Waals surface area contributed by atoms with Crippen molar-refractivity contribution in [2.75, 3.05) is 50.1 Å². The molecule has 31 heavy (non-hydrogen) atoms. The number of hydrogen-bond donors (Lipinski definition) is 0. The summed E-state index contributed by atoms with van der Waals surface area (Å²) in [4.78, 5) is 6.60. The Hall–Kier alpha value is -3.00. The molecule has 0 amide bonds. The van der Waals surface area contributed by atoms with Gasteiger partial charge >= 0.3 is 0 Å². The van der Waals surface area contributed by atoms with E-state index >= 15 is 0 Å². The standard InChI is InChI=1S/C23H30FN7/c1-17(2)31-23(25-26-27-31)22(18-9-11-19(12-10-18)28(3)4)30-15-13-29(14-16-30)21-8-6-5-7-20(21)24/h5-12,17,22H,13-16H2,1-4H3. The summed E-state index contributed by atoms with van der Waals surface area (Å²) in [5.41, 5.74) is 2.97. The summed E-state index contributed by atoms with van der Waals surface area (Å²) in [6.07, 6.45) is 0. The summed E-state index contributed by atoms with van der Waals surface area (Å²) < 4.78 is 16.2. The van der Waals surface area contributed by atoms with E-state index in [-0.39, 0.29) is 17.9 Å². The van der Waals surface area contributed by atoms with Gasteiger partial charge in [0.05, 0.1) is 17.8 Å². The number of tetrazole rings is 1. The molecular formula is C23H30FN7. The van der Waals surface area contributed by atoms with Crippen LogP contribution in [0.5, 0.6) is 0 Å². The molecule has 2 heterocycles. The van der Waals surface area contributed by atoms with Gasteiger partial charge in [0, 0.05) is 46.0 Å². The third-order valence-electron chi connectivity index (χ3n) is 5.85. The molecule has 1 aliphatic rings. The van der Waals surface area contributed by atoms with E-state index in [0.29, 0.717) is 5.69 Å². The van der Waals surface area contributed by atoms with E-state index in [0.717, 1.165) is 43.3 Å². The van der Waals surface area contributed by atoms with Gasteiger partial charge in [0.15, 0.2) is 5.82 Å². The van der Waals surface area contributed by atoms with E-state index in [9.17, 15) is 4.39 Å². The zero-order chi connectivity index (χ0) is 22.0. The molecule has 7 nitrogen and oxygen atoms in total. The Kier molecular flexibility index (Phi) is 6.18. The van der Waals surface area contributed by atoms with Gasteiger partial charge in [0.1, 0.15) is 5.82 Å². The fourth-order valence-corrected chi connectivity index (χ4v) is 4.16. The third kappa shape index (κ3) is 4.39. The number of anilines is 2. The molecule has 2 aromatic carbocycles. The number of benzene rings is 2. The van der Waals surface area contributed by atoms with Crippen molar-refractivity contribution in [3.05, 3.63) is 65.7 Å². The van der Waals surface area contributed by atoms with Crippen LogP contribution in [-0.4, -0.2) is 65.4 Å². The lowest BCUT2D eigenvalue weighted by molar-refractivity contribution is 0.198. The average Bonchev–Trinajstić information content (AvgIpc) is 3.25. The van der Waals surface area contributed by atoms with Gasteiger partial charge in [-0.25, -0.2) is 9.07 Å². The Morgan fingerprint density at radius 3 is 2.23 bits per heavy atom. The lowest BCUT2D eigenvalue weighted by Gasteiger charge is -2.40. The maximum absolute atomic E-state index is 14.3. The molecule has 8 heteroatoms. The van der Waals surface area contributed by atoms with Gasteiger partial charge in [-0.15, -0.1) is 5.10 Å². The SMILES string of the molecule is CC(C)n1nnnc1C(c1ccc(N(C)C)cc1)N1CCN(c2ccccc2F)CC1. The first-order chi connectivity index (χ1) is 15.0. The first-order valence-electron chi connectivity index (χ1n) is 10.7. The monoisotopic (exact) mass is 423 g/mol. The molecule has 1 atom stereocenters. The van der Waals surface area contributed by atoms with Gasteiger partial charge in [-0.1, -0.05) is 24.3 Å². The molecule has 0 N–H and O–H groups in total. The minimum atomic E-state index is -0.171. The summed E-state index contributed by atoms with van der Waals surface area (Å²) >= 11 is 0. The Morgan fingerprint density at radius 1 is 0.935 bits per heavy atom. The van der Waals surface area contributed by atoms with Gasteiger partial charge < -0.3 is 9.80 Å². The van der Waals surface area contributed by atoms with Crippen molar-refractivity contribution in [2.24, 2.45) is 0 Å². The molecule has 0 spiro atoms. The van der Waals surface area contributed by atoms with Crippen LogP contribution in [0.25, 0.3) is 0 Å². The fourth-order valence-electron chi connectivity index (χ4n) is 4.16. The predicted molar refractivity (Wildman–Crippen MR) is 121 cm³/mol. The topological polar surface area (TPSA) is 53.3 Å². The smallest absolute Gasteiger partial charge is 0.173 e. The third-order valence-corrected chi connectivity index (χ3v) is 5.85. The summed E-state index contributed by atoms with van der Waals surface area (Å²) in [7, 11) is 4.07. The molecule has 1 aliphatic heterocycles. The quantitative estimate of drug-likeness (QED) is 0.606. The van der Waals surface area contributed by atoms with E-state index in [2.05, 4.69) is 68.3 Å². The second kappa shape index (κ2) is 9.01. The summed E-state index contributed by atoms with van der Waals surface area (Å²) in [5.74, 6) is 0.669. The highest BCUT2D eigenvalue weighted by Crippen LogP contribution is 2.31.